The first kappa shape index (κ1) is 9.90. The Bertz CT molecular complexity index is 249. The normalized spacial score (nSPS) is 16.5. The van der Waals surface area contributed by atoms with E-state index in [1.165, 1.54) is 0 Å². The Morgan fingerprint density at radius 3 is 2.38 bits per heavy atom. The van der Waals surface area contributed by atoms with E-state index in [1.54, 1.807) is 0 Å². The quantitative estimate of drug-likeness (QED) is 0.600. The van der Waals surface area contributed by atoms with E-state index in [0.29, 0.717) is 17.7 Å². The fraction of sp³-hybridized carbons (Fsp3) is 0.625. The molecule has 0 aromatic carbocycles. The molecular weight excluding hydrogens is 183 g/mol. The maximum absolute atomic E-state index is 12.0. The largest absolute Gasteiger partial charge is 0.471 e. The first-order chi connectivity index (χ1) is 5.96. The molecule has 0 aliphatic heterocycles. The molecule has 0 bridgehead atoms. The van der Waals surface area contributed by atoms with Gasteiger partial charge in [0.2, 0.25) is 0 Å². The van der Waals surface area contributed by atoms with Gasteiger partial charge in [0.05, 0.1) is 6.54 Å². The van der Waals surface area contributed by atoms with Crippen molar-refractivity contribution in [2.75, 3.05) is 6.54 Å². The standard InChI is InChI=1S/C8H8F3NO/c1-2-5-12(6-3-4-6)7(13)8(9,10)11/h1,6H,3-5H2. The van der Waals surface area contributed by atoms with Crippen molar-refractivity contribution in [3.63, 3.8) is 0 Å². The average Bonchev–Trinajstić information content (AvgIpc) is 2.79. The van der Waals surface area contributed by atoms with Gasteiger partial charge >= 0.3 is 12.1 Å². The molecule has 1 amide bonds. The van der Waals surface area contributed by atoms with Crippen LogP contribution in [0.3, 0.4) is 0 Å². The van der Waals surface area contributed by atoms with Gasteiger partial charge in [0.1, 0.15) is 0 Å². The number of nitrogens with zero attached hydrogens (tertiary/aromatic N) is 1. The van der Waals surface area contributed by atoms with Gasteiger partial charge in [-0.2, -0.15) is 13.2 Å². The van der Waals surface area contributed by atoms with E-state index in [9.17, 15) is 18.0 Å². The molecule has 1 fully saturated rings. The van der Waals surface area contributed by atoms with Gasteiger partial charge in [-0.3, -0.25) is 4.79 Å². The Morgan fingerprint density at radius 2 is 2.08 bits per heavy atom. The highest BCUT2D eigenvalue weighted by Crippen LogP contribution is 2.30. The summed E-state index contributed by atoms with van der Waals surface area (Å²) in [5.74, 6) is 0.221. The van der Waals surface area contributed by atoms with Crippen LogP contribution in [-0.4, -0.2) is 29.6 Å². The maximum atomic E-state index is 12.0. The van der Waals surface area contributed by atoms with Gasteiger partial charge in [-0.1, -0.05) is 5.92 Å². The molecule has 72 valence electrons. The second-order valence-electron chi connectivity index (χ2n) is 2.87. The van der Waals surface area contributed by atoms with Crippen LogP contribution in [0.1, 0.15) is 12.8 Å². The SMILES string of the molecule is C#CCN(C(=O)C(F)(F)F)C1CC1. The van der Waals surface area contributed by atoms with Gasteiger partial charge < -0.3 is 4.90 Å². The van der Waals surface area contributed by atoms with Crippen LogP contribution in [0.5, 0.6) is 0 Å². The molecule has 0 saturated heterocycles. The minimum Gasteiger partial charge on any atom is -0.321 e. The molecule has 1 saturated carbocycles. The number of rotatable bonds is 2. The Hall–Kier alpha value is -1.18. The number of alkyl halides is 3. The monoisotopic (exact) mass is 191 g/mol. The second kappa shape index (κ2) is 3.29. The fourth-order valence-electron chi connectivity index (χ4n) is 1.01. The summed E-state index contributed by atoms with van der Waals surface area (Å²) in [6, 6.07) is -0.301. The molecule has 1 aliphatic carbocycles. The minimum absolute atomic E-state index is 0.261. The van der Waals surface area contributed by atoms with Crippen LogP contribution in [-0.2, 0) is 4.79 Å². The van der Waals surface area contributed by atoms with E-state index in [-0.39, 0.29) is 12.6 Å². The van der Waals surface area contributed by atoms with Gasteiger partial charge in [0.25, 0.3) is 0 Å². The Kier molecular flexibility index (Phi) is 2.50. The molecule has 2 nitrogen and oxygen atoms in total. The molecule has 0 aromatic heterocycles. The van der Waals surface area contributed by atoms with Crippen LogP contribution in [0, 0.1) is 12.3 Å². The molecule has 1 aliphatic rings. The third-order valence-corrected chi connectivity index (χ3v) is 1.75. The number of hydrogen-bond donors (Lipinski definition) is 0. The average molecular weight is 191 g/mol. The number of terminal acetylenes is 1. The molecule has 13 heavy (non-hydrogen) atoms. The van der Waals surface area contributed by atoms with Crippen molar-refractivity contribution in [1.29, 1.82) is 0 Å². The predicted molar refractivity (Wildman–Crippen MR) is 39.6 cm³/mol. The van der Waals surface area contributed by atoms with E-state index in [4.69, 9.17) is 6.42 Å². The molecule has 0 unspecified atom stereocenters. The first-order valence-electron chi connectivity index (χ1n) is 3.78. The number of carbonyl (C=O) groups excluding carboxylic acids is 1. The molecule has 5 heteroatoms. The molecule has 1 rings (SSSR count). The number of carbonyl (C=O) groups is 1. The zero-order valence-corrected chi connectivity index (χ0v) is 6.77. The van der Waals surface area contributed by atoms with Crippen molar-refractivity contribution >= 4 is 5.91 Å². The lowest BCUT2D eigenvalue weighted by Crippen LogP contribution is -2.42. The minimum atomic E-state index is -4.81. The molecule has 0 heterocycles. The molecule has 0 aromatic rings. The number of hydrogen-bond acceptors (Lipinski definition) is 1. The molecule has 0 spiro atoms. The lowest BCUT2D eigenvalue weighted by Gasteiger charge is -2.20. The highest BCUT2D eigenvalue weighted by Gasteiger charge is 2.46. The van der Waals surface area contributed by atoms with Crippen molar-refractivity contribution in [3.8, 4) is 12.3 Å². The second-order valence-corrected chi connectivity index (χ2v) is 2.87. The van der Waals surface area contributed by atoms with Crippen LogP contribution in [0.2, 0.25) is 0 Å². The van der Waals surface area contributed by atoms with E-state index in [1.807, 2.05) is 5.92 Å². The Morgan fingerprint density at radius 1 is 1.54 bits per heavy atom. The van der Waals surface area contributed by atoms with Crippen molar-refractivity contribution in [2.45, 2.75) is 25.1 Å². The van der Waals surface area contributed by atoms with E-state index in [2.05, 4.69) is 0 Å². The lowest BCUT2D eigenvalue weighted by atomic mass is 10.4. The molecule has 0 radical (unpaired) electrons. The summed E-state index contributed by atoms with van der Waals surface area (Å²) in [4.78, 5) is 11.4. The highest BCUT2D eigenvalue weighted by molar-refractivity contribution is 5.82. The fourth-order valence-corrected chi connectivity index (χ4v) is 1.01. The number of halogens is 3. The third-order valence-electron chi connectivity index (χ3n) is 1.75. The van der Waals surface area contributed by atoms with E-state index >= 15 is 0 Å². The van der Waals surface area contributed by atoms with Gasteiger partial charge in [-0.05, 0) is 12.8 Å². The van der Waals surface area contributed by atoms with Gasteiger partial charge in [-0.15, -0.1) is 6.42 Å². The van der Waals surface area contributed by atoms with Gasteiger partial charge in [0, 0.05) is 6.04 Å². The highest BCUT2D eigenvalue weighted by atomic mass is 19.4. The van der Waals surface area contributed by atoms with Crippen molar-refractivity contribution in [3.05, 3.63) is 0 Å². The summed E-state index contributed by atoms with van der Waals surface area (Å²) in [6.45, 7) is -0.261. The van der Waals surface area contributed by atoms with Gasteiger partial charge in [0.15, 0.2) is 0 Å². The van der Waals surface area contributed by atoms with Crippen LogP contribution in [0.15, 0.2) is 0 Å². The van der Waals surface area contributed by atoms with Crippen LogP contribution < -0.4 is 0 Å². The number of amides is 1. The van der Waals surface area contributed by atoms with E-state index < -0.39 is 12.1 Å². The third kappa shape index (κ3) is 2.38. The summed E-state index contributed by atoms with van der Waals surface area (Å²) < 4.78 is 35.9. The van der Waals surface area contributed by atoms with E-state index in [0.717, 1.165) is 0 Å². The molecular formula is C8H8F3NO. The Labute approximate surface area is 73.7 Å². The summed E-state index contributed by atoms with van der Waals surface area (Å²) in [5.41, 5.74) is 0. The van der Waals surface area contributed by atoms with Crippen LogP contribution in [0.25, 0.3) is 0 Å². The predicted octanol–water partition coefficient (Wildman–Crippen LogP) is 1.17. The topological polar surface area (TPSA) is 20.3 Å². The van der Waals surface area contributed by atoms with Crippen LogP contribution >= 0.6 is 0 Å². The zero-order valence-electron chi connectivity index (χ0n) is 6.77. The maximum Gasteiger partial charge on any atom is 0.471 e. The van der Waals surface area contributed by atoms with Crippen LogP contribution in [0.4, 0.5) is 13.2 Å². The summed E-state index contributed by atoms with van der Waals surface area (Å²) in [5, 5.41) is 0. The van der Waals surface area contributed by atoms with Crippen molar-refractivity contribution in [2.24, 2.45) is 0 Å². The van der Waals surface area contributed by atoms with Gasteiger partial charge in [-0.25, -0.2) is 0 Å². The first-order valence-corrected chi connectivity index (χ1v) is 3.78. The Balaban J connectivity index is 2.65. The summed E-state index contributed by atoms with van der Waals surface area (Å²) >= 11 is 0. The zero-order chi connectivity index (χ0) is 10.1. The lowest BCUT2D eigenvalue weighted by molar-refractivity contribution is -0.185. The summed E-state index contributed by atoms with van der Waals surface area (Å²) in [7, 11) is 0. The molecule has 0 atom stereocenters. The van der Waals surface area contributed by atoms with Crippen molar-refractivity contribution < 1.29 is 18.0 Å². The van der Waals surface area contributed by atoms with Crippen molar-refractivity contribution in [1.82, 2.24) is 4.90 Å². The smallest absolute Gasteiger partial charge is 0.321 e. The summed E-state index contributed by atoms with van der Waals surface area (Å²) in [6.07, 6.45) is 1.29. The molecule has 0 N–H and O–H groups in total.